The second-order valence-electron chi connectivity index (χ2n) is 7.21. The predicted molar refractivity (Wildman–Crippen MR) is 130 cm³/mol. The zero-order valence-electron chi connectivity index (χ0n) is 17.0. The van der Waals surface area contributed by atoms with E-state index in [4.69, 9.17) is 0 Å². The molecule has 3 rings (SSSR count). The number of carbonyl (C=O) groups excluding carboxylic acids is 1. The minimum atomic E-state index is 0. The van der Waals surface area contributed by atoms with Gasteiger partial charge >= 0.3 is 0 Å². The van der Waals surface area contributed by atoms with Crippen LogP contribution in [0.15, 0.2) is 65.7 Å². The van der Waals surface area contributed by atoms with Crippen molar-refractivity contribution in [3.63, 3.8) is 0 Å². The molecule has 1 fully saturated rings. The second-order valence-corrected chi connectivity index (χ2v) is 7.21. The fourth-order valence-corrected chi connectivity index (χ4v) is 3.45. The molecule has 1 saturated heterocycles. The van der Waals surface area contributed by atoms with Crippen LogP contribution in [-0.4, -0.2) is 42.9 Å². The van der Waals surface area contributed by atoms with Gasteiger partial charge in [0, 0.05) is 38.5 Å². The van der Waals surface area contributed by atoms with Gasteiger partial charge in [-0.15, -0.1) is 24.0 Å². The van der Waals surface area contributed by atoms with Gasteiger partial charge in [0.1, 0.15) is 0 Å². The number of nitrogens with zero attached hydrogens (tertiary/aromatic N) is 2. The van der Waals surface area contributed by atoms with Crippen molar-refractivity contribution < 1.29 is 4.79 Å². The monoisotopic (exact) mass is 506 g/mol. The summed E-state index contributed by atoms with van der Waals surface area (Å²) >= 11 is 0. The van der Waals surface area contributed by atoms with Crippen molar-refractivity contribution in [3.05, 3.63) is 71.8 Å². The first-order valence-corrected chi connectivity index (χ1v) is 10.1. The van der Waals surface area contributed by atoms with Crippen LogP contribution in [0.4, 0.5) is 0 Å². The Kier molecular flexibility index (Phi) is 9.97. The Labute approximate surface area is 191 Å². The van der Waals surface area contributed by atoms with Crippen molar-refractivity contribution in [2.75, 3.05) is 26.2 Å². The Bertz CT molecular complexity index is 767. The lowest BCUT2D eigenvalue weighted by atomic mass is 10.1. The summed E-state index contributed by atoms with van der Waals surface area (Å²) in [5, 5.41) is 6.69. The highest BCUT2D eigenvalue weighted by Crippen LogP contribution is 2.17. The lowest BCUT2D eigenvalue weighted by Crippen LogP contribution is -2.40. The molecule has 0 aliphatic carbocycles. The molecule has 0 spiro atoms. The van der Waals surface area contributed by atoms with Crippen LogP contribution in [0.3, 0.4) is 0 Å². The average Bonchev–Trinajstić information content (AvgIpc) is 3.09. The van der Waals surface area contributed by atoms with Crippen LogP contribution in [0.25, 0.3) is 0 Å². The molecule has 29 heavy (non-hydrogen) atoms. The molecule has 1 heterocycles. The van der Waals surface area contributed by atoms with Gasteiger partial charge in [-0.2, -0.15) is 0 Å². The van der Waals surface area contributed by atoms with Crippen molar-refractivity contribution in [1.29, 1.82) is 0 Å². The van der Waals surface area contributed by atoms with Crippen LogP contribution >= 0.6 is 24.0 Å². The maximum atomic E-state index is 12.3. The Morgan fingerprint density at radius 2 is 1.69 bits per heavy atom. The molecule has 6 heteroatoms. The highest BCUT2D eigenvalue weighted by Gasteiger charge is 2.29. The summed E-state index contributed by atoms with van der Waals surface area (Å²) in [6, 6.07) is 20.6. The fraction of sp³-hybridized carbons (Fsp3) is 0.391. The standard InChI is InChI=1S/C23H30N4O.HI/c1-2-24-23(25-16-20-11-7-4-8-12-20)26-17-21-15-22(28)27(18-21)14-13-19-9-5-3-6-10-19;/h3-12,21H,2,13-18H2,1H3,(H2,24,25,26);1H. The minimum Gasteiger partial charge on any atom is -0.357 e. The number of benzene rings is 2. The maximum Gasteiger partial charge on any atom is 0.223 e. The molecule has 5 nitrogen and oxygen atoms in total. The largest absolute Gasteiger partial charge is 0.357 e. The summed E-state index contributed by atoms with van der Waals surface area (Å²) in [5.41, 5.74) is 2.46. The molecular weight excluding hydrogens is 475 g/mol. The van der Waals surface area contributed by atoms with Crippen LogP contribution in [-0.2, 0) is 17.8 Å². The molecule has 0 saturated carbocycles. The van der Waals surface area contributed by atoms with Gasteiger partial charge in [-0.05, 0) is 24.5 Å². The molecule has 2 aromatic rings. The molecule has 1 aliphatic heterocycles. The summed E-state index contributed by atoms with van der Waals surface area (Å²) in [7, 11) is 0. The Balaban J connectivity index is 0.00000300. The first-order valence-electron chi connectivity index (χ1n) is 10.1. The lowest BCUT2D eigenvalue weighted by Gasteiger charge is -2.18. The molecule has 2 aromatic carbocycles. The average molecular weight is 506 g/mol. The third-order valence-electron chi connectivity index (χ3n) is 4.97. The van der Waals surface area contributed by atoms with E-state index < -0.39 is 0 Å². The van der Waals surface area contributed by atoms with Gasteiger partial charge in [-0.1, -0.05) is 60.7 Å². The topological polar surface area (TPSA) is 56.7 Å². The third-order valence-corrected chi connectivity index (χ3v) is 4.97. The summed E-state index contributed by atoms with van der Waals surface area (Å²) in [5.74, 6) is 1.39. The first kappa shape index (κ1) is 23.2. The van der Waals surface area contributed by atoms with Crippen LogP contribution in [0.5, 0.6) is 0 Å². The number of hydrogen-bond donors (Lipinski definition) is 2. The van der Waals surface area contributed by atoms with Gasteiger partial charge in [0.15, 0.2) is 5.96 Å². The smallest absolute Gasteiger partial charge is 0.223 e. The van der Waals surface area contributed by atoms with E-state index in [0.717, 1.165) is 38.6 Å². The SMILES string of the molecule is CCNC(=NCc1ccccc1)NCC1CC(=O)N(CCc2ccccc2)C1.I. The highest BCUT2D eigenvalue weighted by atomic mass is 127. The highest BCUT2D eigenvalue weighted by molar-refractivity contribution is 14.0. The Morgan fingerprint density at radius 3 is 2.34 bits per heavy atom. The summed E-state index contributed by atoms with van der Waals surface area (Å²) in [6.45, 7) is 5.88. The summed E-state index contributed by atoms with van der Waals surface area (Å²) in [6.07, 6.45) is 1.52. The summed E-state index contributed by atoms with van der Waals surface area (Å²) < 4.78 is 0. The van der Waals surface area contributed by atoms with E-state index in [1.807, 2.05) is 41.3 Å². The van der Waals surface area contributed by atoms with Gasteiger partial charge in [-0.25, -0.2) is 4.99 Å². The molecule has 2 N–H and O–H groups in total. The second kappa shape index (κ2) is 12.5. The van der Waals surface area contributed by atoms with E-state index in [1.54, 1.807) is 0 Å². The van der Waals surface area contributed by atoms with Crippen molar-refractivity contribution >= 4 is 35.8 Å². The van der Waals surface area contributed by atoms with Gasteiger partial charge in [0.05, 0.1) is 6.54 Å². The Hall–Kier alpha value is -2.09. The molecule has 0 radical (unpaired) electrons. The van der Waals surface area contributed by atoms with Crippen LogP contribution in [0.2, 0.25) is 0 Å². The first-order chi connectivity index (χ1) is 13.7. The number of aliphatic imine (C=N–C) groups is 1. The van der Waals surface area contributed by atoms with Gasteiger partial charge in [0.25, 0.3) is 0 Å². The third kappa shape index (κ3) is 7.68. The number of hydrogen-bond acceptors (Lipinski definition) is 2. The maximum absolute atomic E-state index is 12.3. The number of guanidine groups is 1. The van der Waals surface area contributed by atoms with Crippen LogP contribution in [0, 0.1) is 5.92 Å². The molecule has 0 aromatic heterocycles. The molecule has 1 unspecified atom stereocenters. The zero-order chi connectivity index (χ0) is 19.6. The van der Waals surface area contributed by atoms with E-state index in [1.165, 1.54) is 11.1 Å². The number of likely N-dealkylation sites (tertiary alicyclic amines) is 1. The number of halogens is 1. The summed E-state index contributed by atoms with van der Waals surface area (Å²) in [4.78, 5) is 19.0. The number of amides is 1. The lowest BCUT2D eigenvalue weighted by molar-refractivity contribution is -0.127. The van der Waals surface area contributed by atoms with E-state index in [0.29, 0.717) is 18.9 Å². The number of nitrogens with one attached hydrogen (secondary N) is 2. The molecule has 1 aliphatic rings. The Morgan fingerprint density at radius 1 is 1.03 bits per heavy atom. The van der Waals surface area contributed by atoms with E-state index in [9.17, 15) is 4.79 Å². The zero-order valence-corrected chi connectivity index (χ0v) is 19.3. The van der Waals surface area contributed by atoms with Crippen molar-refractivity contribution in [2.45, 2.75) is 26.3 Å². The molecule has 0 bridgehead atoms. The van der Waals surface area contributed by atoms with E-state index in [-0.39, 0.29) is 29.9 Å². The fourth-order valence-electron chi connectivity index (χ4n) is 3.45. The van der Waals surface area contributed by atoms with Crippen molar-refractivity contribution in [2.24, 2.45) is 10.9 Å². The van der Waals surface area contributed by atoms with Crippen molar-refractivity contribution in [3.8, 4) is 0 Å². The number of rotatable bonds is 8. The van der Waals surface area contributed by atoms with Gasteiger partial charge < -0.3 is 15.5 Å². The quantitative estimate of drug-likeness (QED) is 0.328. The van der Waals surface area contributed by atoms with Crippen molar-refractivity contribution in [1.82, 2.24) is 15.5 Å². The van der Waals surface area contributed by atoms with Crippen LogP contribution in [0.1, 0.15) is 24.5 Å². The number of carbonyl (C=O) groups is 1. The van der Waals surface area contributed by atoms with Gasteiger partial charge in [-0.3, -0.25) is 4.79 Å². The predicted octanol–water partition coefficient (Wildman–Crippen LogP) is 3.45. The molecular formula is C23H31IN4O. The minimum absolute atomic E-state index is 0. The van der Waals surface area contributed by atoms with E-state index in [2.05, 4.69) is 46.8 Å². The normalized spacial score (nSPS) is 16.4. The molecule has 1 amide bonds. The van der Waals surface area contributed by atoms with E-state index >= 15 is 0 Å². The van der Waals surface area contributed by atoms with Crippen LogP contribution < -0.4 is 10.6 Å². The molecule has 156 valence electrons. The molecule has 1 atom stereocenters. The van der Waals surface area contributed by atoms with Gasteiger partial charge in [0.2, 0.25) is 5.91 Å².